The zero-order chi connectivity index (χ0) is 18.5. The molecule has 0 unspecified atom stereocenters. The molecule has 0 saturated carbocycles. The van der Waals surface area contributed by atoms with Gasteiger partial charge < -0.3 is 19.1 Å². The SMILES string of the molecule is CN(CC(=O)NCc1ccco1)C(=O)c1ccc(-c2ccc(Cl)cc2)o1. The molecule has 0 aliphatic carbocycles. The lowest BCUT2D eigenvalue weighted by atomic mass is 10.2. The lowest BCUT2D eigenvalue weighted by Gasteiger charge is -2.15. The molecule has 6 nitrogen and oxygen atoms in total. The molecule has 0 fully saturated rings. The van der Waals surface area contributed by atoms with Crippen molar-refractivity contribution in [2.45, 2.75) is 6.54 Å². The fourth-order valence-corrected chi connectivity index (χ4v) is 2.48. The molecule has 0 saturated heterocycles. The molecule has 0 spiro atoms. The van der Waals surface area contributed by atoms with Gasteiger partial charge in [-0.1, -0.05) is 11.6 Å². The Balaban J connectivity index is 1.58. The van der Waals surface area contributed by atoms with Crippen molar-refractivity contribution < 1.29 is 18.4 Å². The van der Waals surface area contributed by atoms with E-state index in [1.165, 1.54) is 11.2 Å². The van der Waals surface area contributed by atoms with Crippen LogP contribution in [0.15, 0.2) is 63.6 Å². The lowest BCUT2D eigenvalue weighted by Crippen LogP contribution is -2.37. The van der Waals surface area contributed by atoms with Gasteiger partial charge in [0.15, 0.2) is 5.76 Å². The topological polar surface area (TPSA) is 75.7 Å². The van der Waals surface area contributed by atoms with Crippen LogP contribution in [0.25, 0.3) is 11.3 Å². The predicted octanol–water partition coefficient (Wildman–Crippen LogP) is 3.58. The number of carbonyl (C=O) groups excluding carboxylic acids is 2. The van der Waals surface area contributed by atoms with E-state index in [0.717, 1.165) is 5.56 Å². The number of halogens is 1. The van der Waals surface area contributed by atoms with E-state index in [0.29, 0.717) is 16.5 Å². The van der Waals surface area contributed by atoms with Crippen LogP contribution in [0.2, 0.25) is 5.02 Å². The zero-order valence-corrected chi connectivity index (χ0v) is 14.8. The first-order chi connectivity index (χ1) is 12.5. The summed E-state index contributed by atoms with van der Waals surface area (Å²) in [5, 5.41) is 3.31. The van der Waals surface area contributed by atoms with Crippen LogP contribution in [0.1, 0.15) is 16.3 Å². The Bertz CT molecular complexity index is 885. The monoisotopic (exact) mass is 372 g/mol. The van der Waals surface area contributed by atoms with Crippen LogP contribution in [-0.4, -0.2) is 30.3 Å². The number of nitrogens with zero attached hydrogens (tertiary/aromatic N) is 1. The molecule has 7 heteroatoms. The Labute approximate surface area is 155 Å². The second-order valence-corrected chi connectivity index (χ2v) is 6.12. The highest BCUT2D eigenvalue weighted by Gasteiger charge is 2.19. The first-order valence-electron chi connectivity index (χ1n) is 7.93. The zero-order valence-electron chi connectivity index (χ0n) is 14.1. The maximum atomic E-state index is 12.4. The second kappa shape index (κ2) is 7.93. The van der Waals surface area contributed by atoms with Gasteiger partial charge in [-0.25, -0.2) is 0 Å². The molecular formula is C19H17ClN2O4. The average molecular weight is 373 g/mol. The molecule has 2 aromatic heterocycles. The Morgan fingerprint density at radius 3 is 2.58 bits per heavy atom. The molecule has 3 aromatic rings. The van der Waals surface area contributed by atoms with E-state index in [-0.39, 0.29) is 30.7 Å². The average Bonchev–Trinajstić information content (AvgIpc) is 3.32. The van der Waals surface area contributed by atoms with Crippen LogP contribution in [0.5, 0.6) is 0 Å². The molecule has 1 N–H and O–H groups in total. The summed E-state index contributed by atoms with van der Waals surface area (Å²) in [6.45, 7) is 0.186. The van der Waals surface area contributed by atoms with Gasteiger partial charge in [0.05, 0.1) is 19.4 Å². The van der Waals surface area contributed by atoms with Crippen LogP contribution in [0, 0.1) is 0 Å². The third-order valence-corrected chi connectivity index (χ3v) is 3.96. The number of rotatable bonds is 6. The Morgan fingerprint density at radius 2 is 1.88 bits per heavy atom. The van der Waals surface area contributed by atoms with Gasteiger partial charge in [-0.3, -0.25) is 9.59 Å². The highest BCUT2D eigenvalue weighted by Crippen LogP contribution is 2.24. The molecule has 26 heavy (non-hydrogen) atoms. The number of hydrogen-bond donors (Lipinski definition) is 1. The van der Waals surface area contributed by atoms with Crippen LogP contribution >= 0.6 is 11.6 Å². The summed E-state index contributed by atoms with van der Waals surface area (Å²) in [6, 6.07) is 13.9. The number of hydrogen-bond acceptors (Lipinski definition) is 4. The highest BCUT2D eigenvalue weighted by atomic mass is 35.5. The van der Waals surface area contributed by atoms with Gasteiger partial charge in [0.25, 0.3) is 5.91 Å². The maximum Gasteiger partial charge on any atom is 0.289 e. The smallest absolute Gasteiger partial charge is 0.289 e. The minimum Gasteiger partial charge on any atom is -0.467 e. The molecule has 1 aromatic carbocycles. The van der Waals surface area contributed by atoms with Crippen LogP contribution in [-0.2, 0) is 11.3 Å². The van der Waals surface area contributed by atoms with Crippen molar-refractivity contribution in [3.05, 3.63) is 71.3 Å². The molecule has 2 amide bonds. The number of nitrogens with one attached hydrogen (secondary N) is 1. The molecule has 0 aliphatic heterocycles. The van der Waals surface area contributed by atoms with Gasteiger partial charge in [-0.15, -0.1) is 0 Å². The maximum absolute atomic E-state index is 12.4. The summed E-state index contributed by atoms with van der Waals surface area (Å²) in [7, 11) is 1.54. The third-order valence-electron chi connectivity index (χ3n) is 3.71. The molecule has 0 atom stereocenters. The summed E-state index contributed by atoms with van der Waals surface area (Å²) in [5.74, 6) is 0.697. The van der Waals surface area contributed by atoms with E-state index in [1.807, 2.05) is 0 Å². The minimum atomic E-state index is -0.377. The van der Waals surface area contributed by atoms with E-state index >= 15 is 0 Å². The number of amides is 2. The first kappa shape index (κ1) is 17.8. The largest absolute Gasteiger partial charge is 0.467 e. The van der Waals surface area contributed by atoms with Crippen molar-refractivity contribution in [2.24, 2.45) is 0 Å². The van der Waals surface area contributed by atoms with Crippen molar-refractivity contribution in [1.82, 2.24) is 10.2 Å². The molecule has 3 rings (SSSR count). The number of furan rings is 2. The summed E-state index contributed by atoms with van der Waals surface area (Å²) in [6.07, 6.45) is 1.53. The van der Waals surface area contributed by atoms with Crippen molar-refractivity contribution in [1.29, 1.82) is 0 Å². The third kappa shape index (κ3) is 4.34. The summed E-state index contributed by atoms with van der Waals surface area (Å²) in [4.78, 5) is 25.7. The molecule has 0 bridgehead atoms. The molecular weight excluding hydrogens is 356 g/mol. The second-order valence-electron chi connectivity index (χ2n) is 5.69. The molecule has 134 valence electrons. The fourth-order valence-electron chi connectivity index (χ4n) is 2.35. The van der Waals surface area contributed by atoms with Crippen molar-refractivity contribution in [3.63, 3.8) is 0 Å². The van der Waals surface area contributed by atoms with Gasteiger partial charge in [0, 0.05) is 17.6 Å². The normalized spacial score (nSPS) is 10.5. The fraction of sp³-hybridized carbons (Fsp3) is 0.158. The highest BCUT2D eigenvalue weighted by molar-refractivity contribution is 6.30. The molecule has 2 heterocycles. The number of carbonyl (C=O) groups is 2. The van der Waals surface area contributed by atoms with Gasteiger partial charge in [-0.2, -0.15) is 0 Å². The van der Waals surface area contributed by atoms with Gasteiger partial charge in [0.2, 0.25) is 5.91 Å². The van der Waals surface area contributed by atoms with Crippen molar-refractivity contribution in [3.8, 4) is 11.3 Å². The lowest BCUT2D eigenvalue weighted by molar-refractivity contribution is -0.121. The van der Waals surface area contributed by atoms with E-state index in [9.17, 15) is 9.59 Å². The van der Waals surface area contributed by atoms with Crippen LogP contribution < -0.4 is 5.32 Å². The van der Waals surface area contributed by atoms with Gasteiger partial charge in [-0.05, 0) is 48.5 Å². The predicted molar refractivity (Wildman–Crippen MR) is 96.7 cm³/mol. The van der Waals surface area contributed by atoms with Crippen LogP contribution in [0.3, 0.4) is 0 Å². The van der Waals surface area contributed by atoms with Gasteiger partial charge in [0.1, 0.15) is 11.5 Å². The quantitative estimate of drug-likeness (QED) is 0.717. The van der Waals surface area contributed by atoms with Crippen molar-refractivity contribution >= 4 is 23.4 Å². The first-order valence-corrected chi connectivity index (χ1v) is 8.31. The number of benzene rings is 1. The Kier molecular flexibility index (Phi) is 5.43. The molecule has 0 radical (unpaired) electrons. The summed E-state index contributed by atoms with van der Waals surface area (Å²) < 4.78 is 10.8. The van der Waals surface area contributed by atoms with Crippen molar-refractivity contribution in [2.75, 3.05) is 13.6 Å². The van der Waals surface area contributed by atoms with E-state index < -0.39 is 0 Å². The Hall–Kier alpha value is -2.99. The summed E-state index contributed by atoms with van der Waals surface area (Å²) >= 11 is 5.87. The Morgan fingerprint density at radius 1 is 1.12 bits per heavy atom. The van der Waals surface area contributed by atoms with E-state index in [2.05, 4.69) is 5.32 Å². The molecule has 0 aliphatic rings. The van der Waals surface area contributed by atoms with Gasteiger partial charge >= 0.3 is 0 Å². The van der Waals surface area contributed by atoms with E-state index in [4.69, 9.17) is 20.4 Å². The minimum absolute atomic E-state index is 0.0868. The standard InChI is InChI=1S/C19H17ClN2O4/c1-22(12-18(23)21-11-15-3-2-10-25-15)19(24)17-9-8-16(26-17)13-4-6-14(20)7-5-13/h2-10H,11-12H2,1H3,(H,21,23). The van der Waals surface area contributed by atoms with Crippen LogP contribution in [0.4, 0.5) is 0 Å². The van der Waals surface area contributed by atoms with E-state index in [1.54, 1.807) is 55.6 Å². The number of likely N-dealkylation sites (N-methyl/N-ethyl adjacent to an activating group) is 1. The summed E-state index contributed by atoms with van der Waals surface area (Å²) in [5.41, 5.74) is 0.812.